The Morgan fingerprint density at radius 1 is 1.46 bits per heavy atom. The third-order valence-corrected chi connectivity index (χ3v) is 3.84. The van der Waals surface area contributed by atoms with Crippen LogP contribution >= 0.6 is 11.8 Å². The minimum absolute atomic E-state index is 0.260. The number of nitrogens with zero attached hydrogens (tertiary/aromatic N) is 1. The Labute approximate surface area is 84.6 Å². The average Bonchev–Trinajstić information content (AvgIpc) is 2.78. The van der Waals surface area contributed by atoms with E-state index in [1.165, 1.54) is 12.8 Å². The van der Waals surface area contributed by atoms with Crippen LogP contribution in [-0.4, -0.2) is 22.5 Å². The van der Waals surface area contributed by atoms with Crippen LogP contribution in [0.2, 0.25) is 0 Å². The average molecular weight is 198 g/mol. The molecule has 1 unspecified atom stereocenters. The molecule has 0 radical (unpaired) electrons. The molecule has 1 aliphatic heterocycles. The standard InChI is InChI=1S/C10H18N2S/c1-7-6-11-9(13-7)12-10(2,3)8-4-5-8/h7-8H,4-6H2,1-3H3,(H,11,12). The lowest BCUT2D eigenvalue weighted by molar-refractivity contribution is 0.404. The molecular formula is C10H18N2S. The van der Waals surface area contributed by atoms with Gasteiger partial charge in [-0.2, -0.15) is 0 Å². The summed E-state index contributed by atoms with van der Waals surface area (Å²) in [7, 11) is 0. The molecule has 0 aromatic rings. The molecule has 1 aliphatic carbocycles. The molecule has 1 N–H and O–H groups in total. The molecule has 1 fully saturated rings. The van der Waals surface area contributed by atoms with Crippen molar-refractivity contribution in [1.29, 1.82) is 0 Å². The van der Waals surface area contributed by atoms with E-state index in [0.717, 1.165) is 17.6 Å². The second kappa shape index (κ2) is 3.19. The number of amidine groups is 1. The third-order valence-electron chi connectivity index (χ3n) is 2.83. The predicted octanol–water partition coefficient (Wildman–Crippen LogP) is 2.26. The topological polar surface area (TPSA) is 24.4 Å². The van der Waals surface area contributed by atoms with E-state index >= 15 is 0 Å². The summed E-state index contributed by atoms with van der Waals surface area (Å²) in [6, 6.07) is 0. The molecule has 0 spiro atoms. The Morgan fingerprint density at radius 3 is 2.62 bits per heavy atom. The smallest absolute Gasteiger partial charge is 0.157 e. The molecule has 0 aromatic heterocycles. The van der Waals surface area contributed by atoms with Crippen LogP contribution in [0.15, 0.2) is 4.99 Å². The number of rotatable bonds is 2. The van der Waals surface area contributed by atoms with Crippen molar-refractivity contribution >= 4 is 16.9 Å². The molecule has 1 heterocycles. The van der Waals surface area contributed by atoms with E-state index in [2.05, 4.69) is 31.1 Å². The highest BCUT2D eigenvalue weighted by molar-refractivity contribution is 8.14. The maximum atomic E-state index is 4.48. The lowest BCUT2D eigenvalue weighted by Crippen LogP contribution is -2.43. The molecule has 2 nitrogen and oxygen atoms in total. The van der Waals surface area contributed by atoms with Crippen LogP contribution in [0, 0.1) is 5.92 Å². The summed E-state index contributed by atoms with van der Waals surface area (Å²) in [5, 5.41) is 5.38. The minimum atomic E-state index is 0.260. The molecule has 0 bridgehead atoms. The number of hydrogen-bond acceptors (Lipinski definition) is 3. The molecular weight excluding hydrogens is 180 g/mol. The van der Waals surface area contributed by atoms with Gasteiger partial charge in [-0.1, -0.05) is 18.7 Å². The summed E-state index contributed by atoms with van der Waals surface area (Å²) in [5.74, 6) is 0.867. The summed E-state index contributed by atoms with van der Waals surface area (Å²) in [4.78, 5) is 4.48. The van der Waals surface area contributed by atoms with Crippen molar-refractivity contribution in [2.75, 3.05) is 6.54 Å². The van der Waals surface area contributed by atoms with E-state index in [1.807, 2.05) is 11.8 Å². The van der Waals surface area contributed by atoms with E-state index in [-0.39, 0.29) is 5.54 Å². The highest BCUT2D eigenvalue weighted by Gasteiger charge is 2.38. The summed E-state index contributed by atoms with van der Waals surface area (Å²) in [5.41, 5.74) is 0.260. The van der Waals surface area contributed by atoms with Gasteiger partial charge in [0.2, 0.25) is 0 Å². The zero-order valence-electron chi connectivity index (χ0n) is 8.63. The van der Waals surface area contributed by atoms with Crippen molar-refractivity contribution in [2.45, 2.75) is 44.4 Å². The molecule has 1 saturated carbocycles. The summed E-state index contributed by atoms with van der Waals surface area (Å²) >= 11 is 1.88. The maximum absolute atomic E-state index is 4.48. The fourth-order valence-corrected chi connectivity index (χ4v) is 2.73. The van der Waals surface area contributed by atoms with Gasteiger partial charge in [0.15, 0.2) is 5.17 Å². The Kier molecular flexibility index (Phi) is 2.30. The Bertz CT molecular complexity index is 231. The molecule has 2 aliphatic rings. The maximum Gasteiger partial charge on any atom is 0.157 e. The van der Waals surface area contributed by atoms with E-state index in [4.69, 9.17) is 0 Å². The van der Waals surface area contributed by atoms with Crippen LogP contribution in [0.4, 0.5) is 0 Å². The van der Waals surface area contributed by atoms with Crippen molar-refractivity contribution in [2.24, 2.45) is 10.9 Å². The second-order valence-electron chi connectivity index (χ2n) is 4.70. The van der Waals surface area contributed by atoms with Crippen molar-refractivity contribution < 1.29 is 0 Å². The van der Waals surface area contributed by atoms with Crippen molar-refractivity contribution in [3.05, 3.63) is 0 Å². The van der Waals surface area contributed by atoms with E-state index < -0.39 is 0 Å². The SMILES string of the molecule is CC1CN=C(NC(C)(C)C2CC2)S1. The Hall–Kier alpha value is -0.180. The zero-order chi connectivity index (χ0) is 9.47. The molecule has 1 atom stereocenters. The van der Waals surface area contributed by atoms with Gasteiger partial charge < -0.3 is 5.32 Å². The fraction of sp³-hybridized carbons (Fsp3) is 0.900. The number of hydrogen-bond donors (Lipinski definition) is 1. The highest BCUT2D eigenvalue weighted by atomic mass is 32.2. The second-order valence-corrected chi connectivity index (χ2v) is 6.12. The molecule has 2 rings (SSSR count). The highest BCUT2D eigenvalue weighted by Crippen LogP contribution is 2.39. The molecule has 3 heteroatoms. The number of nitrogens with one attached hydrogen (secondary N) is 1. The number of aliphatic imine (C=N–C) groups is 1. The Balaban J connectivity index is 1.90. The first-order chi connectivity index (χ1) is 6.08. The molecule has 0 aromatic carbocycles. The fourth-order valence-electron chi connectivity index (χ4n) is 1.73. The summed E-state index contributed by atoms with van der Waals surface area (Å²) in [6.45, 7) is 7.79. The quantitative estimate of drug-likeness (QED) is 0.736. The van der Waals surface area contributed by atoms with E-state index in [0.29, 0.717) is 5.25 Å². The van der Waals surface area contributed by atoms with Gasteiger partial charge >= 0.3 is 0 Å². The van der Waals surface area contributed by atoms with Crippen LogP contribution in [-0.2, 0) is 0 Å². The number of thioether (sulfide) groups is 1. The predicted molar refractivity (Wildman–Crippen MR) is 59.3 cm³/mol. The summed E-state index contributed by atoms with van der Waals surface area (Å²) in [6.07, 6.45) is 2.76. The van der Waals surface area contributed by atoms with Crippen molar-refractivity contribution in [3.8, 4) is 0 Å². The van der Waals surface area contributed by atoms with Crippen LogP contribution in [0.3, 0.4) is 0 Å². The van der Waals surface area contributed by atoms with E-state index in [1.54, 1.807) is 0 Å². The van der Waals surface area contributed by atoms with Crippen LogP contribution in [0.5, 0.6) is 0 Å². The van der Waals surface area contributed by atoms with Gasteiger partial charge in [-0.15, -0.1) is 0 Å². The van der Waals surface area contributed by atoms with Crippen LogP contribution in [0.25, 0.3) is 0 Å². The first-order valence-electron chi connectivity index (χ1n) is 5.07. The van der Waals surface area contributed by atoms with Gasteiger partial charge in [-0.25, -0.2) is 0 Å². The van der Waals surface area contributed by atoms with Gasteiger partial charge in [-0.05, 0) is 32.6 Å². The van der Waals surface area contributed by atoms with Gasteiger partial charge in [0, 0.05) is 10.8 Å². The Morgan fingerprint density at radius 2 is 2.15 bits per heavy atom. The zero-order valence-corrected chi connectivity index (χ0v) is 9.45. The molecule has 13 heavy (non-hydrogen) atoms. The normalized spacial score (nSPS) is 28.8. The molecule has 0 amide bonds. The monoisotopic (exact) mass is 198 g/mol. The van der Waals surface area contributed by atoms with Gasteiger partial charge in [0.1, 0.15) is 0 Å². The minimum Gasteiger partial charge on any atom is -0.360 e. The largest absolute Gasteiger partial charge is 0.360 e. The van der Waals surface area contributed by atoms with Crippen LogP contribution in [0.1, 0.15) is 33.6 Å². The van der Waals surface area contributed by atoms with Gasteiger partial charge in [-0.3, -0.25) is 4.99 Å². The molecule has 0 saturated heterocycles. The lowest BCUT2D eigenvalue weighted by atomic mass is 9.99. The summed E-state index contributed by atoms with van der Waals surface area (Å²) < 4.78 is 0. The first kappa shape index (κ1) is 9.38. The first-order valence-corrected chi connectivity index (χ1v) is 5.95. The third kappa shape index (κ3) is 2.19. The van der Waals surface area contributed by atoms with Gasteiger partial charge in [0.25, 0.3) is 0 Å². The molecule has 74 valence electrons. The lowest BCUT2D eigenvalue weighted by Gasteiger charge is -2.27. The van der Waals surface area contributed by atoms with E-state index in [9.17, 15) is 0 Å². The van der Waals surface area contributed by atoms with Gasteiger partial charge in [0.05, 0.1) is 6.54 Å². The van der Waals surface area contributed by atoms with Crippen LogP contribution < -0.4 is 5.32 Å². The van der Waals surface area contributed by atoms with Crippen molar-refractivity contribution in [3.63, 3.8) is 0 Å². The van der Waals surface area contributed by atoms with Crippen molar-refractivity contribution in [1.82, 2.24) is 5.32 Å².